The molecule has 2 atom stereocenters. The molecule has 13 heavy (non-hydrogen) atoms. The van der Waals surface area contributed by atoms with Gasteiger partial charge in [-0.2, -0.15) is 0 Å². The van der Waals surface area contributed by atoms with Crippen molar-refractivity contribution in [1.29, 1.82) is 0 Å². The maximum atomic E-state index is 9.32. The van der Waals surface area contributed by atoms with Crippen LogP contribution < -0.4 is 0 Å². The van der Waals surface area contributed by atoms with Crippen molar-refractivity contribution in [3.8, 4) is 0 Å². The Labute approximate surface area is 81.3 Å². The summed E-state index contributed by atoms with van der Waals surface area (Å²) in [5, 5.41) is 9.32. The molecule has 1 fully saturated rings. The minimum absolute atomic E-state index is 0.0792. The second-order valence-electron chi connectivity index (χ2n) is 3.98. The molecule has 0 bridgehead atoms. The Balaban J connectivity index is 1.88. The first kappa shape index (κ1) is 11.0. The number of unbranched alkanes of at least 4 members (excludes halogenated alkanes) is 1. The first-order valence-corrected chi connectivity index (χ1v) is 5.62. The highest BCUT2D eigenvalue weighted by Crippen LogP contribution is 2.18. The van der Waals surface area contributed by atoms with Crippen molar-refractivity contribution in [2.75, 3.05) is 6.61 Å². The third-order valence-electron chi connectivity index (χ3n) is 2.81. The second kappa shape index (κ2) is 6.39. The monoisotopic (exact) mass is 186 g/mol. The van der Waals surface area contributed by atoms with Gasteiger partial charge in [-0.15, -0.1) is 0 Å². The van der Waals surface area contributed by atoms with Crippen LogP contribution in [0.3, 0.4) is 0 Å². The van der Waals surface area contributed by atoms with Gasteiger partial charge in [-0.25, -0.2) is 0 Å². The van der Waals surface area contributed by atoms with E-state index in [1.807, 2.05) is 6.92 Å². The average molecular weight is 186 g/mol. The molecule has 0 saturated carbocycles. The van der Waals surface area contributed by atoms with E-state index >= 15 is 0 Å². The van der Waals surface area contributed by atoms with Crippen molar-refractivity contribution in [3.63, 3.8) is 0 Å². The molecule has 1 N–H and O–H groups in total. The van der Waals surface area contributed by atoms with Crippen LogP contribution in [0.5, 0.6) is 0 Å². The molecule has 1 saturated heterocycles. The molecular weight excluding hydrogens is 164 g/mol. The number of hydrogen-bond acceptors (Lipinski definition) is 2. The van der Waals surface area contributed by atoms with E-state index in [-0.39, 0.29) is 6.10 Å². The number of aliphatic hydroxyl groups is 1. The Morgan fingerprint density at radius 1 is 1.46 bits per heavy atom. The minimum atomic E-state index is -0.0792. The van der Waals surface area contributed by atoms with Gasteiger partial charge in [-0.1, -0.05) is 19.8 Å². The lowest BCUT2D eigenvalue weighted by atomic mass is 10.1. The molecule has 1 aliphatic heterocycles. The number of aliphatic hydroxyl groups excluding tert-OH is 1. The molecule has 2 heteroatoms. The van der Waals surface area contributed by atoms with Gasteiger partial charge in [-0.05, 0) is 32.1 Å². The summed E-state index contributed by atoms with van der Waals surface area (Å²) in [4.78, 5) is 0. The number of ether oxygens (including phenoxy) is 1. The summed E-state index contributed by atoms with van der Waals surface area (Å²) in [7, 11) is 0. The summed E-state index contributed by atoms with van der Waals surface area (Å²) in [6.07, 6.45) is 8.33. The van der Waals surface area contributed by atoms with Gasteiger partial charge in [0.2, 0.25) is 0 Å². The van der Waals surface area contributed by atoms with Crippen LogP contribution in [0.15, 0.2) is 0 Å². The van der Waals surface area contributed by atoms with Crippen molar-refractivity contribution in [3.05, 3.63) is 0 Å². The van der Waals surface area contributed by atoms with Gasteiger partial charge in [-0.3, -0.25) is 0 Å². The molecule has 0 spiro atoms. The predicted molar refractivity (Wildman–Crippen MR) is 53.7 cm³/mol. The molecule has 0 aliphatic carbocycles. The Bertz CT molecular complexity index is 119. The molecule has 2 nitrogen and oxygen atoms in total. The minimum Gasteiger partial charge on any atom is -0.393 e. The fourth-order valence-electron chi connectivity index (χ4n) is 1.83. The first-order chi connectivity index (χ1) is 6.33. The van der Waals surface area contributed by atoms with E-state index in [0.29, 0.717) is 6.10 Å². The highest BCUT2D eigenvalue weighted by Gasteiger charge is 2.14. The maximum Gasteiger partial charge on any atom is 0.0576 e. The fourth-order valence-corrected chi connectivity index (χ4v) is 1.83. The third-order valence-corrected chi connectivity index (χ3v) is 2.81. The SMILES string of the molecule is CCC(O)CCCCC1CCCO1. The van der Waals surface area contributed by atoms with Gasteiger partial charge in [0.1, 0.15) is 0 Å². The Morgan fingerprint density at radius 2 is 2.31 bits per heavy atom. The van der Waals surface area contributed by atoms with Crippen LogP contribution in [0.4, 0.5) is 0 Å². The van der Waals surface area contributed by atoms with Gasteiger partial charge in [0, 0.05) is 6.61 Å². The van der Waals surface area contributed by atoms with E-state index in [4.69, 9.17) is 4.74 Å². The molecule has 0 amide bonds. The molecule has 0 aromatic carbocycles. The van der Waals surface area contributed by atoms with Crippen LogP contribution in [0.25, 0.3) is 0 Å². The molecular formula is C11H22O2. The first-order valence-electron chi connectivity index (χ1n) is 5.62. The zero-order valence-electron chi connectivity index (χ0n) is 8.67. The fraction of sp³-hybridized carbons (Fsp3) is 1.00. The van der Waals surface area contributed by atoms with Crippen molar-refractivity contribution in [2.45, 2.75) is 64.1 Å². The van der Waals surface area contributed by atoms with Crippen LogP contribution in [0, 0.1) is 0 Å². The average Bonchev–Trinajstić information content (AvgIpc) is 2.64. The Morgan fingerprint density at radius 3 is 2.92 bits per heavy atom. The van der Waals surface area contributed by atoms with Crippen molar-refractivity contribution in [1.82, 2.24) is 0 Å². The van der Waals surface area contributed by atoms with E-state index in [1.54, 1.807) is 0 Å². The summed E-state index contributed by atoms with van der Waals surface area (Å²) in [6.45, 7) is 2.99. The summed E-state index contributed by atoms with van der Waals surface area (Å²) in [6, 6.07) is 0. The molecule has 0 aromatic rings. The molecule has 1 aliphatic rings. The van der Waals surface area contributed by atoms with Gasteiger partial charge in [0.05, 0.1) is 12.2 Å². The summed E-state index contributed by atoms with van der Waals surface area (Å²) in [5.74, 6) is 0. The van der Waals surface area contributed by atoms with Crippen LogP contribution in [-0.2, 0) is 4.74 Å². The van der Waals surface area contributed by atoms with Crippen LogP contribution in [0.1, 0.15) is 51.9 Å². The lowest BCUT2D eigenvalue weighted by Gasteiger charge is -2.10. The van der Waals surface area contributed by atoms with Crippen LogP contribution in [-0.4, -0.2) is 23.9 Å². The highest BCUT2D eigenvalue weighted by molar-refractivity contribution is 4.65. The lowest BCUT2D eigenvalue weighted by molar-refractivity contribution is 0.0990. The quantitative estimate of drug-likeness (QED) is 0.646. The van der Waals surface area contributed by atoms with E-state index in [1.165, 1.54) is 25.7 Å². The smallest absolute Gasteiger partial charge is 0.0576 e. The molecule has 1 rings (SSSR count). The van der Waals surface area contributed by atoms with E-state index in [9.17, 15) is 5.11 Å². The predicted octanol–water partition coefficient (Wildman–Crippen LogP) is 2.50. The molecule has 0 radical (unpaired) electrons. The lowest BCUT2D eigenvalue weighted by Crippen LogP contribution is -2.06. The molecule has 1 heterocycles. The summed E-state index contributed by atoms with van der Waals surface area (Å²) in [5.41, 5.74) is 0. The zero-order chi connectivity index (χ0) is 9.52. The maximum absolute atomic E-state index is 9.32. The van der Waals surface area contributed by atoms with Gasteiger partial charge >= 0.3 is 0 Å². The van der Waals surface area contributed by atoms with Crippen molar-refractivity contribution < 1.29 is 9.84 Å². The van der Waals surface area contributed by atoms with E-state index in [2.05, 4.69) is 0 Å². The summed E-state index contributed by atoms with van der Waals surface area (Å²) < 4.78 is 5.52. The molecule has 0 aromatic heterocycles. The normalized spacial score (nSPS) is 24.9. The second-order valence-corrected chi connectivity index (χ2v) is 3.98. The van der Waals surface area contributed by atoms with Crippen LogP contribution in [0.2, 0.25) is 0 Å². The highest BCUT2D eigenvalue weighted by atomic mass is 16.5. The Kier molecular flexibility index (Phi) is 5.40. The molecule has 78 valence electrons. The summed E-state index contributed by atoms with van der Waals surface area (Å²) >= 11 is 0. The van der Waals surface area contributed by atoms with E-state index < -0.39 is 0 Å². The largest absolute Gasteiger partial charge is 0.393 e. The van der Waals surface area contributed by atoms with Crippen LogP contribution >= 0.6 is 0 Å². The molecule has 2 unspecified atom stereocenters. The van der Waals surface area contributed by atoms with Crippen molar-refractivity contribution >= 4 is 0 Å². The van der Waals surface area contributed by atoms with Gasteiger partial charge in [0.25, 0.3) is 0 Å². The number of rotatable bonds is 6. The Hall–Kier alpha value is -0.0800. The van der Waals surface area contributed by atoms with Gasteiger partial charge in [0.15, 0.2) is 0 Å². The van der Waals surface area contributed by atoms with E-state index in [0.717, 1.165) is 25.9 Å². The third kappa shape index (κ3) is 4.63. The zero-order valence-corrected chi connectivity index (χ0v) is 8.67. The van der Waals surface area contributed by atoms with Crippen molar-refractivity contribution in [2.24, 2.45) is 0 Å². The number of hydrogen-bond donors (Lipinski definition) is 1. The van der Waals surface area contributed by atoms with Gasteiger partial charge < -0.3 is 9.84 Å². The topological polar surface area (TPSA) is 29.5 Å². The standard InChI is InChI=1S/C11H22O2/c1-2-10(12)6-3-4-7-11-8-5-9-13-11/h10-12H,2-9H2,1H3.